The molecule has 1 atom stereocenters. The number of likely N-dealkylation sites (tertiary alicyclic amines) is 1. The Morgan fingerprint density at radius 1 is 1.29 bits per heavy atom. The third kappa shape index (κ3) is 3.68. The first kappa shape index (κ1) is 16.4. The van der Waals surface area contributed by atoms with Gasteiger partial charge in [-0.25, -0.2) is 0 Å². The van der Waals surface area contributed by atoms with E-state index in [0.29, 0.717) is 19.5 Å². The zero-order chi connectivity index (χ0) is 12.2. The van der Waals surface area contributed by atoms with E-state index in [9.17, 15) is 9.59 Å². The molecule has 2 N–H and O–H groups in total. The Bertz CT molecular complexity index is 284. The van der Waals surface area contributed by atoms with Gasteiger partial charge in [-0.3, -0.25) is 14.5 Å². The number of halogens is 1. The third-order valence-electron chi connectivity index (χ3n) is 3.47. The highest BCUT2D eigenvalue weighted by Gasteiger charge is 2.46. The lowest BCUT2D eigenvalue weighted by Crippen LogP contribution is -2.34. The standard InChI is InChI=1S/C12H22N2O2.ClH/c1-3-12(2)9-10(15)14(11(12)16)8-6-4-5-7-13;/h3-9,13H2,1-2H3;1H. The quantitative estimate of drug-likeness (QED) is 0.586. The van der Waals surface area contributed by atoms with Crippen molar-refractivity contribution in [2.24, 2.45) is 11.1 Å². The summed E-state index contributed by atoms with van der Waals surface area (Å²) < 4.78 is 0. The Kier molecular flexibility index (Phi) is 6.72. The SMILES string of the molecule is CCC1(C)CC(=O)N(CCCCCN)C1=O.Cl. The van der Waals surface area contributed by atoms with Crippen LogP contribution in [0.15, 0.2) is 0 Å². The van der Waals surface area contributed by atoms with E-state index in [1.54, 1.807) is 0 Å². The molecule has 1 fully saturated rings. The molecular formula is C12H23ClN2O2. The van der Waals surface area contributed by atoms with Gasteiger partial charge in [0.2, 0.25) is 11.8 Å². The highest BCUT2D eigenvalue weighted by atomic mass is 35.5. The predicted molar refractivity (Wildman–Crippen MR) is 69.9 cm³/mol. The Morgan fingerprint density at radius 3 is 2.41 bits per heavy atom. The number of hydrogen-bond acceptors (Lipinski definition) is 3. The second-order valence-corrected chi connectivity index (χ2v) is 4.79. The van der Waals surface area contributed by atoms with Gasteiger partial charge >= 0.3 is 0 Å². The van der Waals surface area contributed by atoms with Crippen LogP contribution in [-0.4, -0.2) is 29.8 Å². The molecule has 1 aliphatic rings. The average Bonchev–Trinajstić information content (AvgIpc) is 2.48. The summed E-state index contributed by atoms with van der Waals surface area (Å²) in [6.07, 6.45) is 3.92. The van der Waals surface area contributed by atoms with Gasteiger partial charge in [0.25, 0.3) is 0 Å². The van der Waals surface area contributed by atoms with Crippen LogP contribution in [0.3, 0.4) is 0 Å². The maximum Gasteiger partial charge on any atom is 0.235 e. The molecule has 1 saturated heterocycles. The summed E-state index contributed by atoms with van der Waals surface area (Å²) in [4.78, 5) is 25.1. The Balaban J connectivity index is 0.00000256. The van der Waals surface area contributed by atoms with Crippen LogP contribution in [0.2, 0.25) is 0 Å². The summed E-state index contributed by atoms with van der Waals surface area (Å²) in [7, 11) is 0. The topological polar surface area (TPSA) is 63.4 Å². The molecule has 1 unspecified atom stereocenters. The molecule has 0 bridgehead atoms. The number of hydrogen-bond donors (Lipinski definition) is 1. The zero-order valence-corrected chi connectivity index (χ0v) is 11.5. The molecule has 4 nitrogen and oxygen atoms in total. The molecule has 2 amide bonds. The van der Waals surface area contributed by atoms with Crippen molar-refractivity contribution in [3.63, 3.8) is 0 Å². The van der Waals surface area contributed by atoms with Crippen molar-refractivity contribution < 1.29 is 9.59 Å². The number of carbonyl (C=O) groups is 2. The summed E-state index contributed by atoms with van der Waals surface area (Å²) in [5, 5.41) is 0. The van der Waals surface area contributed by atoms with Crippen molar-refractivity contribution in [3.05, 3.63) is 0 Å². The predicted octanol–water partition coefficient (Wildman–Crippen LogP) is 1.71. The van der Waals surface area contributed by atoms with E-state index >= 15 is 0 Å². The lowest BCUT2D eigenvalue weighted by Gasteiger charge is -2.20. The minimum atomic E-state index is -0.453. The fourth-order valence-electron chi connectivity index (χ4n) is 2.04. The maximum atomic E-state index is 12.0. The number of imide groups is 1. The molecule has 0 radical (unpaired) electrons. The van der Waals surface area contributed by atoms with Crippen molar-refractivity contribution in [2.45, 2.75) is 46.0 Å². The van der Waals surface area contributed by atoms with Crippen molar-refractivity contribution in [2.75, 3.05) is 13.1 Å². The average molecular weight is 263 g/mol. The molecule has 1 rings (SSSR count). The van der Waals surface area contributed by atoms with E-state index in [2.05, 4.69) is 0 Å². The summed E-state index contributed by atoms with van der Waals surface area (Å²) in [5.74, 6) is -0.00477. The monoisotopic (exact) mass is 262 g/mol. The van der Waals surface area contributed by atoms with Gasteiger partial charge in [-0.05, 0) is 25.8 Å². The molecule has 1 aliphatic heterocycles. The minimum absolute atomic E-state index is 0. The van der Waals surface area contributed by atoms with E-state index in [0.717, 1.165) is 25.7 Å². The van der Waals surface area contributed by atoms with E-state index in [1.807, 2.05) is 13.8 Å². The fourth-order valence-corrected chi connectivity index (χ4v) is 2.04. The second-order valence-electron chi connectivity index (χ2n) is 4.79. The third-order valence-corrected chi connectivity index (χ3v) is 3.47. The lowest BCUT2D eigenvalue weighted by atomic mass is 9.86. The van der Waals surface area contributed by atoms with E-state index in [1.165, 1.54) is 4.90 Å². The molecule has 0 spiro atoms. The number of rotatable bonds is 6. The van der Waals surface area contributed by atoms with E-state index in [-0.39, 0.29) is 24.2 Å². The van der Waals surface area contributed by atoms with Crippen LogP contribution in [0.4, 0.5) is 0 Å². The summed E-state index contributed by atoms with van der Waals surface area (Å²) in [6.45, 7) is 5.08. The van der Waals surface area contributed by atoms with Gasteiger partial charge in [-0.1, -0.05) is 20.3 Å². The van der Waals surface area contributed by atoms with Gasteiger partial charge in [0, 0.05) is 13.0 Å². The first-order chi connectivity index (χ1) is 7.55. The van der Waals surface area contributed by atoms with Gasteiger partial charge in [0.15, 0.2) is 0 Å². The normalized spacial score (nSPS) is 24.1. The Labute approximate surface area is 109 Å². The van der Waals surface area contributed by atoms with Crippen molar-refractivity contribution in [1.82, 2.24) is 4.90 Å². The lowest BCUT2D eigenvalue weighted by molar-refractivity contribution is -0.141. The van der Waals surface area contributed by atoms with E-state index < -0.39 is 5.41 Å². The molecule has 0 aromatic carbocycles. The molecule has 17 heavy (non-hydrogen) atoms. The molecule has 5 heteroatoms. The molecule has 0 aromatic rings. The van der Waals surface area contributed by atoms with Crippen molar-refractivity contribution >= 4 is 24.2 Å². The van der Waals surface area contributed by atoms with Gasteiger partial charge < -0.3 is 5.73 Å². The van der Waals surface area contributed by atoms with Crippen LogP contribution in [-0.2, 0) is 9.59 Å². The Morgan fingerprint density at radius 2 is 1.94 bits per heavy atom. The van der Waals surface area contributed by atoms with Crippen LogP contribution < -0.4 is 5.73 Å². The maximum absolute atomic E-state index is 12.0. The van der Waals surface area contributed by atoms with Crippen molar-refractivity contribution in [3.8, 4) is 0 Å². The molecule has 0 aliphatic carbocycles. The van der Waals surface area contributed by atoms with Gasteiger partial charge in [-0.2, -0.15) is 0 Å². The highest BCUT2D eigenvalue weighted by Crippen LogP contribution is 2.35. The summed E-state index contributed by atoms with van der Waals surface area (Å²) in [6, 6.07) is 0. The van der Waals surface area contributed by atoms with Crippen LogP contribution in [0.5, 0.6) is 0 Å². The number of nitrogens with zero attached hydrogens (tertiary/aromatic N) is 1. The van der Waals surface area contributed by atoms with Gasteiger partial charge in [0.05, 0.1) is 5.41 Å². The number of unbranched alkanes of at least 4 members (excludes halogenated alkanes) is 2. The highest BCUT2D eigenvalue weighted by molar-refractivity contribution is 6.05. The fraction of sp³-hybridized carbons (Fsp3) is 0.833. The molecule has 100 valence electrons. The molecule has 1 heterocycles. The first-order valence-electron chi connectivity index (χ1n) is 6.10. The number of nitrogens with two attached hydrogens (primary N) is 1. The van der Waals surface area contributed by atoms with Crippen LogP contribution in [0.1, 0.15) is 46.0 Å². The Hall–Kier alpha value is -0.610. The largest absolute Gasteiger partial charge is 0.330 e. The second kappa shape index (κ2) is 6.97. The zero-order valence-electron chi connectivity index (χ0n) is 10.7. The van der Waals surface area contributed by atoms with Crippen LogP contribution >= 0.6 is 12.4 Å². The molecule has 0 aromatic heterocycles. The van der Waals surface area contributed by atoms with Crippen molar-refractivity contribution in [1.29, 1.82) is 0 Å². The smallest absolute Gasteiger partial charge is 0.235 e. The minimum Gasteiger partial charge on any atom is -0.330 e. The van der Waals surface area contributed by atoms with Gasteiger partial charge in [0.1, 0.15) is 0 Å². The summed E-state index contributed by atoms with van der Waals surface area (Å²) >= 11 is 0. The first-order valence-corrected chi connectivity index (χ1v) is 6.10. The van der Waals surface area contributed by atoms with Crippen LogP contribution in [0.25, 0.3) is 0 Å². The summed E-state index contributed by atoms with van der Waals surface area (Å²) in [5.41, 5.74) is 4.94. The number of amides is 2. The van der Waals surface area contributed by atoms with Crippen LogP contribution in [0, 0.1) is 5.41 Å². The van der Waals surface area contributed by atoms with E-state index in [4.69, 9.17) is 5.73 Å². The van der Waals surface area contributed by atoms with Gasteiger partial charge in [-0.15, -0.1) is 12.4 Å². The molecule has 0 saturated carbocycles. The number of carbonyl (C=O) groups excluding carboxylic acids is 2. The molecular weight excluding hydrogens is 240 g/mol.